The van der Waals surface area contributed by atoms with E-state index in [4.69, 9.17) is 0 Å². The normalized spacial score (nSPS) is 11.2. The van der Waals surface area contributed by atoms with Gasteiger partial charge in [-0.25, -0.2) is 0 Å². The molecule has 1 aromatic carbocycles. The van der Waals surface area contributed by atoms with Gasteiger partial charge in [0.2, 0.25) is 11.0 Å². The van der Waals surface area contributed by atoms with Gasteiger partial charge in [0.15, 0.2) is 4.34 Å². The molecule has 0 spiro atoms. The highest BCUT2D eigenvalue weighted by Gasteiger charge is 2.22. The number of ketones is 1. The molecule has 0 bridgehead atoms. The summed E-state index contributed by atoms with van der Waals surface area (Å²) < 4.78 is 0.830. The number of carbonyl (C=O) groups excluding carboxylic acids is 2. The maximum atomic E-state index is 12.0. The minimum Gasteiger partial charge on any atom is -0.356 e. The first kappa shape index (κ1) is 20.4. The van der Waals surface area contributed by atoms with E-state index in [1.807, 2.05) is 32.0 Å². The number of hydrogen-bond acceptors (Lipinski definition) is 7. The minimum atomic E-state index is -0.509. The zero-order chi connectivity index (χ0) is 19.0. The Bertz CT molecular complexity index is 732. The average Bonchev–Trinajstić information content (AvgIpc) is 3.00. The molecule has 0 radical (unpaired) electrons. The predicted octanol–water partition coefficient (Wildman–Crippen LogP) is 3.51. The fourth-order valence-corrected chi connectivity index (χ4v) is 4.21. The van der Waals surface area contributed by atoms with Gasteiger partial charge in [0.25, 0.3) is 0 Å². The van der Waals surface area contributed by atoms with Crippen molar-refractivity contribution in [3.8, 4) is 0 Å². The molecule has 0 fully saturated rings. The minimum absolute atomic E-state index is 0.0595. The van der Waals surface area contributed by atoms with Crippen LogP contribution < -0.4 is 10.6 Å². The lowest BCUT2D eigenvalue weighted by Gasteiger charge is -2.24. The van der Waals surface area contributed by atoms with Crippen molar-refractivity contribution in [3.63, 3.8) is 0 Å². The number of aromatic nitrogens is 2. The summed E-state index contributed by atoms with van der Waals surface area (Å²) in [6.07, 6.45) is 0.705. The molecule has 0 aliphatic carbocycles. The number of anilines is 1. The van der Waals surface area contributed by atoms with Crippen molar-refractivity contribution in [2.24, 2.45) is 0 Å². The van der Waals surface area contributed by atoms with Gasteiger partial charge in [-0.3, -0.25) is 9.59 Å². The molecule has 1 aromatic heterocycles. The molecule has 6 nitrogen and oxygen atoms in total. The second-order valence-corrected chi connectivity index (χ2v) is 8.94. The van der Waals surface area contributed by atoms with Crippen molar-refractivity contribution < 1.29 is 9.59 Å². The first-order valence-corrected chi connectivity index (χ1v) is 10.2. The summed E-state index contributed by atoms with van der Waals surface area (Å²) in [6.45, 7) is 5.94. The lowest BCUT2D eigenvalue weighted by molar-refractivity contribution is -0.123. The topological polar surface area (TPSA) is 84.0 Å². The average molecular weight is 393 g/mol. The number of carbonyl (C=O) groups is 2. The summed E-state index contributed by atoms with van der Waals surface area (Å²) >= 11 is 2.99. The third kappa shape index (κ3) is 7.53. The smallest absolute Gasteiger partial charge is 0.221 e. The van der Waals surface area contributed by atoms with Crippen molar-refractivity contribution in [1.29, 1.82) is 0 Å². The van der Waals surface area contributed by atoms with Crippen LogP contribution in [0.4, 0.5) is 5.13 Å². The van der Waals surface area contributed by atoms with Crippen molar-refractivity contribution in [1.82, 2.24) is 15.5 Å². The zero-order valence-corrected chi connectivity index (χ0v) is 16.9. The molecular weight excluding hydrogens is 368 g/mol. The van der Waals surface area contributed by atoms with Crippen LogP contribution in [0.2, 0.25) is 0 Å². The Morgan fingerprint density at radius 1 is 1.19 bits per heavy atom. The number of rotatable bonds is 10. The van der Waals surface area contributed by atoms with Gasteiger partial charge in [-0.05, 0) is 26.3 Å². The molecule has 0 saturated heterocycles. The van der Waals surface area contributed by atoms with E-state index in [-0.39, 0.29) is 11.7 Å². The summed E-state index contributed by atoms with van der Waals surface area (Å²) in [4.78, 5) is 23.2. The quantitative estimate of drug-likeness (QED) is 0.602. The Morgan fingerprint density at radius 3 is 2.62 bits per heavy atom. The summed E-state index contributed by atoms with van der Waals surface area (Å²) in [5.41, 5.74) is 0.673. The molecule has 2 rings (SSSR count). The number of benzene rings is 1. The molecule has 0 unspecified atom stereocenters. The standard InChI is InChI=1S/C18H24N4O2S2/c1-13(23)11-18(2,3)20-15(24)9-10-25-17-22-21-16(26-17)19-12-14-7-5-4-6-8-14/h4-8H,9-12H2,1-3H3,(H,19,21)(H,20,24). The Morgan fingerprint density at radius 2 is 1.92 bits per heavy atom. The van der Waals surface area contributed by atoms with E-state index in [1.165, 1.54) is 35.6 Å². The molecule has 26 heavy (non-hydrogen) atoms. The third-order valence-electron chi connectivity index (χ3n) is 3.42. The maximum Gasteiger partial charge on any atom is 0.221 e. The highest BCUT2D eigenvalue weighted by atomic mass is 32.2. The van der Waals surface area contributed by atoms with Crippen LogP contribution in [0.3, 0.4) is 0 Å². The van der Waals surface area contributed by atoms with Crippen LogP contribution in [-0.2, 0) is 16.1 Å². The molecule has 8 heteroatoms. The van der Waals surface area contributed by atoms with Crippen molar-refractivity contribution in [2.45, 2.75) is 50.0 Å². The molecule has 1 heterocycles. The van der Waals surface area contributed by atoms with Gasteiger partial charge in [-0.15, -0.1) is 10.2 Å². The number of Topliss-reactive ketones (excluding diaryl/α,β-unsaturated/α-hetero) is 1. The Hall–Kier alpha value is -1.93. The van der Waals surface area contributed by atoms with Gasteiger partial charge < -0.3 is 10.6 Å². The van der Waals surface area contributed by atoms with Gasteiger partial charge in [0, 0.05) is 30.7 Å². The second-order valence-electron chi connectivity index (χ2n) is 6.62. The molecule has 2 aromatic rings. The molecule has 0 atom stereocenters. The summed E-state index contributed by atoms with van der Waals surface area (Å²) in [5.74, 6) is 0.625. The molecule has 0 aliphatic rings. The van der Waals surface area contributed by atoms with E-state index in [1.54, 1.807) is 0 Å². The number of nitrogens with zero attached hydrogens (tertiary/aromatic N) is 2. The summed E-state index contributed by atoms with van der Waals surface area (Å²) in [5, 5.41) is 15.2. The van der Waals surface area contributed by atoms with E-state index in [0.717, 1.165) is 9.47 Å². The largest absolute Gasteiger partial charge is 0.356 e. The molecule has 0 aliphatic heterocycles. The monoisotopic (exact) mass is 392 g/mol. The fourth-order valence-electron chi connectivity index (χ4n) is 2.45. The Kier molecular flexibility index (Phi) is 7.59. The van der Waals surface area contributed by atoms with E-state index >= 15 is 0 Å². The highest BCUT2D eigenvalue weighted by Crippen LogP contribution is 2.26. The van der Waals surface area contributed by atoms with E-state index in [9.17, 15) is 9.59 Å². The van der Waals surface area contributed by atoms with E-state index in [2.05, 4.69) is 33.0 Å². The molecule has 140 valence electrons. The lowest BCUT2D eigenvalue weighted by atomic mass is 9.98. The van der Waals surface area contributed by atoms with Gasteiger partial charge >= 0.3 is 0 Å². The SMILES string of the molecule is CC(=O)CC(C)(C)NC(=O)CCSc1nnc(NCc2ccccc2)s1. The predicted molar refractivity (Wildman–Crippen MR) is 107 cm³/mol. The van der Waals surface area contributed by atoms with Crippen molar-refractivity contribution in [3.05, 3.63) is 35.9 Å². The van der Waals surface area contributed by atoms with Crippen LogP contribution in [-0.4, -0.2) is 33.2 Å². The Balaban J connectivity index is 1.70. The second kappa shape index (κ2) is 9.68. The lowest BCUT2D eigenvalue weighted by Crippen LogP contribution is -2.44. The van der Waals surface area contributed by atoms with Gasteiger partial charge in [0.05, 0.1) is 0 Å². The highest BCUT2D eigenvalue weighted by molar-refractivity contribution is 8.01. The van der Waals surface area contributed by atoms with Gasteiger partial charge in [0.1, 0.15) is 5.78 Å². The number of hydrogen-bond donors (Lipinski definition) is 2. The van der Waals surface area contributed by atoms with Crippen molar-refractivity contribution in [2.75, 3.05) is 11.1 Å². The molecular formula is C18H24N4O2S2. The van der Waals surface area contributed by atoms with Crippen LogP contribution in [0, 0.1) is 0 Å². The summed E-state index contributed by atoms with van der Waals surface area (Å²) in [6, 6.07) is 10.1. The van der Waals surface area contributed by atoms with Crippen LogP contribution in [0.25, 0.3) is 0 Å². The zero-order valence-electron chi connectivity index (χ0n) is 15.2. The Labute approximate surface area is 162 Å². The third-order valence-corrected chi connectivity index (χ3v) is 5.43. The molecule has 0 saturated carbocycles. The number of nitrogens with one attached hydrogen (secondary N) is 2. The summed E-state index contributed by atoms with van der Waals surface area (Å²) in [7, 11) is 0. The van der Waals surface area contributed by atoms with Gasteiger partial charge in [-0.1, -0.05) is 53.4 Å². The molecule has 1 amide bonds. The van der Waals surface area contributed by atoms with Crippen LogP contribution in [0.5, 0.6) is 0 Å². The van der Waals surface area contributed by atoms with E-state index in [0.29, 0.717) is 25.1 Å². The first-order valence-electron chi connectivity index (χ1n) is 8.38. The van der Waals surface area contributed by atoms with Crippen molar-refractivity contribution >= 4 is 39.9 Å². The number of thioether (sulfide) groups is 1. The number of amides is 1. The molecule has 2 N–H and O–H groups in total. The van der Waals surface area contributed by atoms with Gasteiger partial charge in [-0.2, -0.15) is 0 Å². The fraction of sp³-hybridized carbons (Fsp3) is 0.444. The van der Waals surface area contributed by atoms with E-state index < -0.39 is 5.54 Å². The van der Waals surface area contributed by atoms with Crippen LogP contribution >= 0.6 is 23.1 Å². The van der Waals surface area contributed by atoms with Crippen LogP contribution in [0.1, 0.15) is 39.2 Å². The van der Waals surface area contributed by atoms with Crippen LogP contribution in [0.15, 0.2) is 34.7 Å². The first-order chi connectivity index (χ1) is 12.3. The maximum absolute atomic E-state index is 12.0.